The maximum atomic E-state index is 15.0. The van der Waals surface area contributed by atoms with E-state index in [1.54, 1.807) is 58.3 Å². The molecule has 0 aliphatic carbocycles. The van der Waals surface area contributed by atoms with Crippen molar-refractivity contribution in [2.75, 3.05) is 68.4 Å². The van der Waals surface area contributed by atoms with Gasteiger partial charge in [-0.1, -0.05) is 109 Å². The number of hydrogen-bond donors (Lipinski definition) is 7. The first-order chi connectivity index (χ1) is 40.2. The van der Waals surface area contributed by atoms with Gasteiger partial charge in [0.1, 0.15) is 6.54 Å². The van der Waals surface area contributed by atoms with Gasteiger partial charge in [0.15, 0.2) is 0 Å². The largest absolute Gasteiger partial charge is 0.478 e. The van der Waals surface area contributed by atoms with Gasteiger partial charge >= 0.3 is 18.3 Å². The van der Waals surface area contributed by atoms with Crippen molar-refractivity contribution in [2.24, 2.45) is 0 Å². The Kier molecular flexibility index (Phi) is 18.6. The lowest BCUT2D eigenvalue weighted by Gasteiger charge is -2.36. The summed E-state index contributed by atoms with van der Waals surface area (Å²) in [4.78, 5) is 45.3. The Morgan fingerprint density at radius 1 is 0.548 bits per heavy atom. The summed E-state index contributed by atoms with van der Waals surface area (Å²) in [5.41, 5.74) is 17.7. The Bertz CT molecular complexity index is 3290. The fraction of sp³-hybridized carbons (Fsp3) is 0.246. The van der Waals surface area contributed by atoms with Crippen LogP contribution in [0, 0.1) is 0 Å². The number of carbonyl (C=O) groups is 3. The van der Waals surface area contributed by atoms with Crippen molar-refractivity contribution >= 4 is 40.5 Å². The third-order valence-corrected chi connectivity index (χ3v) is 15.2. The quantitative estimate of drug-likeness (QED) is 0.0166. The number of halogens is 6. The van der Waals surface area contributed by atoms with Crippen molar-refractivity contribution in [1.82, 2.24) is 20.4 Å². The number of quaternary nitrogens is 1. The van der Waals surface area contributed by atoms with Gasteiger partial charge in [0.25, 0.3) is 11.8 Å². The molecule has 2 heterocycles. The zero-order valence-electron chi connectivity index (χ0n) is 46.2. The minimum atomic E-state index is -4.61. The van der Waals surface area contributed by atoms with Crippen LogP contribution in [0.5, 0.6) is 0 Å². The number of nitrogens with two attached hydrogens (primary N) is 2. The molecule has 7 aromatic carbocycles. The van der Waals surface area contributed by atoms with Crippen LogP contribution in [0.1, 0.15) is 74.2 Å². The SMILES string of the molecule is C[N+](CCCN1CC(Nc2cccc(C(F)(F)F)c2)=C([C@H](NCc2ccccc2)c2ccc(N)cc2)C1=O)(CCCN1CC(Nc2cccc(C(F)(F)F)c2)=C([C@H](NCc2ccccc2)c2ccc(N)cc2)C1=O)Cc1ccc(C(=O)O)cc1. The van der Waals surface area contributed by atoms with Gasteiger partial charge in [-0.3, -0.25) is 9.59 Å². The Balaban J connectivity index is 0.974. The summed E-state index contributed by atoms with van der Waals surface area (Å²) < 4.78 is 84.6. The smallest absolute Gasteiger partial charge is 0.416 e. The molecule has 0 spiro atoms. The minimum Gasteiger partial charge on any atom is -0.478 e. The summed E-state index contributed by atoms with van der Waals surface area (Å²) in [7, 11) is 2.05. The maximum absolute atomic E-state index is 15.0. The molecule has 0 saturated carbocycles. The van der Waals surface area contributed by atoms with E-state index in [0.29, 0.717) is 95.1 Å². The van der Waals surface area contributed by atoms with Gasteiger partial charge in [0.05, 0.1) is 73.1 Å². The highest BCUT2D eigenvalue weighted by molar-refractivity contribution is 6.00. The molecule has 0 bridgehead atoms. The number of nitrogens with zero attached hydrogens (tertiary/aromatic N) is 3. The predicted molar refractivity (Wildman–Crippen MR) is 313 cm³/mol. The van der Waals surface area contributed by atoms with Crippen LogP contribution >= 0.6 is 0 Å². The van der Waals surface area contributed by atoms with E-state index in [9.17, 15) is 36.2 Å². The number of carboxylic acid groups (broad SMARTS) is 1. The standard InChI is InChI=1S/C65H65F6N9O4/c1-80(42-45-20-22-48(23-21-45)63(83)84,34-10-32-78-40-55(76-53-18-8-16-49(36-53)64(66,67)68)57(61(78)81)59(46-24-28-51(72)29-25-46)74-38-43-12-4-2-5-13-43)35-11-33-79-41-56(77-54-19-9-17-50(37-54)65(69,70)71)58(62(79)82)60(47-26-30-52(73)31-27-47)75-39-44-14-6-3-7-15-44/h2-9,12-31,36-37,59-60,74-75H,10-11,32-35,38-42,72-73H2,1H3,(H2-,76,77,81,82,83,84)/p+1/t59-,60-/m1/s1. The molecule has 0 saturated heterocycles. The molecule has 9 rings (SSSR count). The van der Waals surface area contributed by atoms with Gasteiger partial charge in [0, 0.05) is 78.7 Å². The van der Waals surface area contributed by atoms with Gasteiger partial charge in [-0.05, 0) is 95.1 Å². The zero-order chi connectivity index (χ0) is 59.6. The highest BCUT2D eigenvalue weighted by Crippen LogP contribution is 2.38. The highest BCUT2D eigenvalue weighted by atomic mass is 19.4. The molecule has 0 aromatic heterocycles. The number of anilines is 4. The minimum absolute atomic E-state index is 0.0596. The predicted octanol–water partition coefficient (Wildman–Crippen LogP) is 11.8. The van der Waals surface area contributed by atoms with Gasteiger partial charge in [-0.15, -0.1) is 0 Å². The van der Waals surface area contributed by atoms with E-state index in [4.69, 9.17) is 11.5 Å². The van der Waals surface area contributed by atoms with Crippen LogP contribution in [-0.4, -0.2) is 83.5 Å². The van der Waals surface area contributed by atoms with E-state index >= 15 is 9.59 Å². The first-order valence-corrected chi connectivity index (χ1v) is 27.5. The fourth-order valence-electron chi connectivity index (χ4n) is 10.9. The summed E-state index contributed by atoms with van der Waals surface area (Å²) in [5, 5.41) is 23.2. The van der Waals surface area contributed by atoms with E-state index in [0.717, 1.165) is 41.0 Å². The lowest BCUT2D eigenvalue weighted by Crippen LogP contribution is -2.47. The number of carboxylic acids is 1. The van der Waals surface area contributed by atoms with E-state index < -0.39 is 41.5 Å². The number of hydrogen-bond acceptors (Lipinski definition) is 9. The number of nitrogen functional groups attached to an aromatic ring is 2. The average molecular weight is 1150 g/mol. The van der Waals surface area contributed by atoms with Gasteiger partial charge in [0.2, 0.25) is 0 Å². The number of amides is 2. The second-order valence-corrected chi connectivity index (χ2v) is 21.5. The Morgan fingerprint density at radius 2 is 0.952 bits per heavy atom. The van der Waals surface area contributed by atoms with Crippen molar-refractivity contribution in [2.45, 2.75) is 56.9 Å². The summed E-state index contributed by atoms with van der Waals surface area (Å²) in [6.07, 6.45) is -8.31. The van der Waals surface area contributed by atoms with Crippen LogP contribution in [-0.2, 0) is 41.6 Å². The van der Waals surface area contributed by atoms with E-state index in [-0.39, 0.29) is 54.9 Å². The van der Waals surface area contributed by atoms with E-state index in [1.165, 1.54) is 24.3 Å². The van der Waals surface area contributed by atoms with Crippen LogP contribution in [0.15, 0.2) is 205 Å². The first kappa shape index (κ1) is 59.7. The number of rotatable bonds is 25. The molecular weight excluding hydrogens is 1080 g/mol. The molecule has 2 atom stereocenters. The second kappa shape index (κ2) is 26.1. The number of nitrogens with one attached hydrogen (secondary N) is 4. The molecule has 84 heavy (non-hydrogen) atoms. The highest BCUT2D eigenvalue weighted by Gasteiger charge is 2.40. The Morgan fingerprint density at radius 3 is 1.33 bits per heavy atom. The van der Waals surface area contributed by atoms with Crippen molar-refractivity contribution in [3.8, 4) is 0 Å². The fourth-order valence-corrected chi connectivity index (χ4v) is 10.9. The molecule has 0 fully saturated rings. The molecule has 2 aliphatic heterocycles. The zero-order valence-corrected chi connectivity index (χ0v) is 46.2. The maximum Gasteiger partial charge on any atom is 0.416 e. The third-order valence-electron chi connectivity index (χ3n) is 15.2. The van der Waals surface area contributed by atoms with Gasteiger partial charge in [-0.2, -0.15) is 26.3 Å². The van der Waals surface area contributed by atoms with Crippen LogP contribution < -0.4 is 32.7 Å². The van der Waals surface area contributed by atoms with Crippen molar-refractivity contribution in [1.29, 1.82) is 0 Å². The Labute approximate surface area is 483 Å². The Hall–Kier alpha value is -8.91. The molecule has 19 heteroatoms. The topological polar surface area (TPSA) is 178 Å². The number of benzene rings is 7. The van der Waals surface area contributed by atoms with Crippen LogP contribution in [0.25, 0.3) is 0 Å². The molecular formula is C65H66F6N9O4+. The number of carbonyl (C=O) groups excluding carboxylic acids is 2. The summed E-state index contributed by atoms with van der Waals surface area (Å²) in [5.74, 6) is -1.70. The lowest BCUT2D eigenvalue weighted by atomic mass is 9.96. The van der Waals surface area contributed by atoms with Crippen molar-refractivity contribution in [3.05, 3.63) is 249 Å². The van der Waals surface area contributed by atoms with E-state index in [2.05, 4.69) is 21.3 Å². The first-order valence-electron chi connectivity index (χ1n) is 27.5. The van der Waals surface area contributed by atoms with Gasteiger partial charge < -0.3 is 52.1 Å². The molecule has 13 nitrogen and oxygen atoms in total. The van der Waals surface area contributed by atoms with E-state index in [1.807, 2.05) is 92.0 Å². The lowest BCUT2D eigenvalue weighted by molar-refractivity contribution is -0.922. The number of alkyl halides is 6. The van der Waals surface area contributed by atoms with Crippen LogP contribution in [0.3, 0.4) is 0 Å². The average Bonchev–Trinajstić information content (AvgIpc) is 2.68. The number of aromatic carboxylic acids is 1. The molecule has 7 aromatic rings. The second-order valence-electron chi connectivity index (χ2n) is 21.5. The summed E-state index contributed by atoms with van der Waals surface area (Å²) >= 11 is 0. The molecule has 0 radical (unpaired) electrons. The van der Waals surface area contributed by atoms with Crippen LogP contribution in [0.4, 0.5) is 49.1 Å². The molecule has 2 amide bonds. The summed E-state index contributed by atoms with van der Waals surface area (Å²) in [6, 6.07) is 48.2. The summed E-state index contributed by atoms with van der Waals surface area (Å²) in [6.45, 7) is 2.75. The monoisotopic (exact) mass is 1150 g/mol. The van der Waals surface area contributed by atoms with Crippen molar-refractivity contribution in [3.63, 3.8) is 0 Å². The van der Waals surface area contributed by atoms with Crippen molar-refractivity contribution < 1.29 is 50.3 Å². The molecule has 9 N–H and O–H groups in total. The molecule has 436 valence electrons. The third kappa shape index (κ3) is 15.2. The molecule has 0 unspecified atom stereocenters. The normalized spacial score (nSPS) is 14.8. The van der Waals surface area contributed by atoms with Crippen LogP contribution in [0.2, 0.25) is 0 Å². The van der Waals surface area contributed by atoms with Gasteiger partial charge in [-0.25, -0.2) is 4.79 Å². The molecule has 2 aliphatic rings.